The van der Waals surface area contributed by atoms with Gasteiger partial charge in [-0.1, -0.05) is 13.0 Å². The zero-order valence-corrected chi connectivity index (χ0v) is 15.5. The van der Waals surface area contributed by atoms with Gasteiger partial charge in [0.15, 0.2) is 11.5 Å². The second kappa shape index (κ2) is 6.44. The molecule has 0 bridgehead atoms. The lowest BCUT2D eigenvalue weighted by molar-refractivity contribution is -0.139. The predicted octanol–water partition coefficient (Wildman–Crippen LogP) is 1.44. The molecule has 0 radical (unpaired) electrons. The minimum Gasteiger partial charge on any atom is -0.454 e. The van der Waals surface area contributed by atoms with Crippen LogP contribution in [0.1, 0.15) is 32.3 Å². The standard InChI is InChI=1S/C19H23N3O5/c1-12-5-7-21(8-6-12)16(23)10-22-17(24)19(2,20-18(22)25)13-3-4-14-15(9-13)27-11-26-14/h3-4,9,12H,5-8,10-11H2,1-2H3,(H,20,25)/t19-/m0/s1. The van der Waals surface area contributed by atoms with Crippen LogP contribution in [0.5, 0.6) is 11.5 Å². The van der Waals surface area contributed by atoms with E-state index in [1.165, 1.54) is 0 Å². The van der Waals surface area contributed by atoms with Crippen LogP contribution in [0, 0.1) is 5.92 Å². The predicted molar refractivity (Wildman–Crippen MR) is 95.1 cm³/mol. The zero-order chi connectivity index (χ0) is 19.2. The van der Waals surface area contributed by atoms with E-state index in [2.05, 4.69) is 12.2 Å². The average molecular weight is 373 g/mol. The lowest BCUT2D eigenvalue weighted by Crippen LogP contribution is -2.46. The maximum Gasteiger partial charge on any atom is 0.325 e. The number of ether oxygens (including phenoxy) is 2. The van der Waals surface area contributed by atoms with E-state index in [1.807, 2.05) is 0 Å². The van der Waals surface area contributed by atoms with Crippen molar-refractivity contribution in [2.24, 2.45) is 5.92 Å². The van der Waals surface area contributed by atoms with Crippen molar-refractivity contribution in [1.82, 2.24) is 15.1 Å². The molecule has 1 N–H and O–H groups in total. The average Bonchev–Trinajstić information content (AvgIpc) is 3.20. The van der Waals surface area contributed by atoms with Crippen LogP contribution >= 0.6 is 0 Å². The number of carbonyl (C=O) groups excluding carboxylic acids is 3. The number of urea groups is 1. The van der Waals surface area contributed by atoms with Gasteiger partial charge in [-0.15, -0.1) is 0 Å². The van der Waals surface area contributed by atoms with Crippen LogP contribution in [-0.4, -0.2) is 54.1 Å². The summed E-state index contributed by atoms with van der Waals surface area (Å²) in [5.74, 6) is 1.10. The lowest BCUT2D eigenvalue weighted by atomic mass is 9.91. The van der Waals surface area contributed by atoms with Gasteiger partial charge in [-0.05, 0) is 43.4 Å². The Balaban J connectivity index is 1.50. The van der Waals surface area contributed by atoms with Crippen molar-refractivity contribution in [2.45, 2.75) is 32.2 Å². The highest BCUT2D eigenvalue weighted by atomic mass is 16.7. The van der Waals surface area contributed by atoms with Crippen molar-refractivity contribution in [3.8, 4) is 11.5 Å². The van der Waals surface area contributed by atoms with Crippen LogP contribution in [0.25, 0.3) is 0 Å². The van der Waals surface area contributed by atoms with Crippen molar-refractivity contribution >= 4 is 17.8 Å². The molecule has 27 heavy (non-hydrogen) atoms. The smallest absolute Gasteiger partial charge is 0.325 e. The molecule has 8 nitrogen and oxygen atoms in total. The van der Waals surface area contributed by atoms with E-state index >= 15 is 0 Å². The molecular weight excluding hydrogens is 350 g/mol. The SMILES string of the molecule is CC1CCN(C(=O)CN2C(=O)N[C@@](C)(c3ccc4c(c3)OCO4)C2=O)CC1. The van der Waals surface area contributed by atoms with Gasteiger partial charge in [-0.25, -0.2) is 4.79 Å². The fraction of sp³-hybridized carbons (Fsp3) is 0.526. The summed E-state index contributed by atoms with van der Waals surface area (Å²) in [5.41, 5.74) is -0.652. The highest BCUT2D eigenvalue weighted by Crippen LogP contribution is 2.37. The minimum atomic E-state index is -1.24. The van der Waals surface area contributed by atoms with Crippen molar-refractivity contribution < 1.29 is 23.9 Å². The molecule has 3 aliphatic rings. The van der Waals surface area contributed by atoms with Gasteiger partial charge in [0.25, 0.3) is 5.91 Å². The van der Waals surface area contributed by atoms with Crippen LogP contribution in [0.3, 0.4) is 0 Å². The fourth-order valence-electron chi connectivity index (χ4n) is 3.74. The van der Waals surface area contributed by atoms with Gasteiger partial charge in [0.05, 0.1) is 0 Å². The molecule has 8 heteroatoms. The van der Waals surface area contributed by atoms with E-state index in [0.29, 0.717) is 36.1 Å². The molecule has 0 aliphatic carbocycles. The second-order valence-corrected chi connectivity index (χ2v) is 7.58. The molecule has 1 aromatic rings. The number of piperidine rings is 1. The number of rotatable bonds is 3. The van der Waals surface area contributed by atoms with E-state index in [4.69, 9.17) is 9.47 Å². The third-order valence-electron chi connectivity index (χ3n) is 5.65. The Kier molecular flexibility index (Phi) is 4.20. The third-order valence-corrected chi connectivity index (χ3v) is 5.65. The molecule has 3 heterocycles. The largest absolute Gasteiger partial charge is 0.454 e. The molecule has 0 aromatic heterocycles. The topological polar surface area (TPSA) is 88.2 Å². The van der Waals surface area contributed by atoms with Crippen LogP contribution in [0.2, 0.25) is 0 Å². The van der Waals surface area contributed by atoms with E-state index in [-0.39, 0.29) is 19.2 Å². The summed E-state index contributed by atoms with van der Waals surface area (Å²) in [5, 5.41) is 2.72. The molecule has 0 spiro atoms. The number of nitrogens with zero attached hydrogens (tertiary/aromatic N) is 2. The lowest BCUT2D eigenvalue weighted by Gasteiger charge is -2.31. The van der Waals surface area contributed by atoms with Crippen molar-refractivity contribution in [3.63, 3.8) is 0 Å². The second-order valence-electron chi connectivity index (χ2n) is 7.58. The molecule has 0 saturated carbocycles. The van der Waals surface area contributed by atoms with Crippen LogP contribution < -0.4 is 14.8 Å². The first-order valence-corrected chi connectivity index (χ1v) is 9.20. The van der Waals surface area contributed by atoms with E-state index < -0.39 is 17.5 Å². The number of likely N-dealkylation sites (tertiary alicyclic amines) is 1. The van der Waals surface area contributed by atoms with Gasteiger partial charge >= 0.3 is 6.03 Å². The van der Waals surface area contributed by atoms with Crippen molar-refractivity contribution in [1.29, 1.82) is 0 Å². The molecule has 4 amide bonds. The highest BCUT2D eigenvalue weighted by Gasteiger charge is 2.50. The normalized spacial score (nSPS) is 25.1. The first kappa shape index (κ1) is 17.6. The van der Waals surface area contributed by atoms with E-state index in [9.17, 15) is 14.4 Å². The Morgan fingerprint density at radius 1 is 1.22 bits per heavy atom. The zero-order valence-electron chi connectivity index (χ0n) is 15.5. The number of benzene rings is 1. The summed E-state index contributed by atoms with van der Waals surface area (Å²) < 4.78 is 10.7. The first-order valence-electron chi connectivity index (χ1n) is 9.20. The summed E-state index contributed by atoms with van der Waals surface area (Å²) in [4.78, 5) is 40.8. The van der Waals surface area contributed by atoms with Gasteiger partial charge < -0.3 is 19.7 Å². The molecule has 4 rings (SSSR count). The minimum absolute atomic E-state index is 0.130. The maximum atomic E-state index is 13.0. The van der Waals surface area contributed by atoms with Gasteiger partial charge in [0.1, 0.15) is 12.1 Å². The number of fused-ring (bicyclic) bond motifs is 1. The summed E-state index contributed by atoms with van der Waals surface area (Å²) in [6, 6.07) is 4.57. The van der Waals surface area contributed by atoms with Crippen LogP contribution in [0.4, 0.5) is 4.79 Å². The van der Waals surface area contributed by atoms with Crippen LogP contribution in [-0.2, 0) is 15.1 Å². The van der Waals surface area contributed by atoms with Crippen molar-refractivity contribution in [2.75, 3.05) is 26.4 Å². The third kappa shape index (κ3) is 2.98. The summed E-state index contributed by atoms with van der Waals surface area (Å²) >= 11 is 0. The van der Waals surface area contributed by atoms with Gasteiger partial charge in [-0.3, -0.25) is 14.5 Å². The summed E-state index contributed by atoms with van der Waals surface area (Å²) in [6.07, 6.45) is 1.89. The molecule has 1 aromatic carbocycles. The Hall–Kier alpha value is -2.77. The maximum absolute atomic E-state index is 13.0. The monoisotopic (exact) mass is 373 g/mol. The Morgan fingerprint density at radius 3 is 2.67 bits per heavy atom. The molecule has 3 aliphatic heterocycles. The molecule has 0 unspecified atom stereocenters. The number of imide groups is 1. The Labute approximate surface area is 157 Å². The Bertz CT molecular complexity index is 803. The molecule has 2 fully saturated rings. The number of hydrogen-bond acceptors (Lipinski definition) is 5. The summed E-state index contributed by atoms with van der Waals surface area (Å²) in [7, 11) is 0. The molecule has 144 valence electrons. The highest BCUT2D eigenvalue weighted by molar-refractivity contribution is 6.09. The van der Waals surface area contributed by atoms with E-state index in [0.717, 1.165) is 17.7 Å². The van der Waals surface area contributed by atoms with Crippen LogP contribution in [0.15, 0.2) is 18.2 Å². The summed E-state index contributed by atoms with van der Waals surface area (Å²) in [6.45, 7) is 5.03. The van der Waals surface area contributed by atoms with Crippen molar-refractivity contribution in [3.05, 3.63) is 23.8 Å². The molecule has 2 saturated heterocycles. The van der Waals surface area contributed by atoms with Gasteiger partial charge in [0, 0.05) is 13.1 Å². The molecule has 1 atom stereocenters. The van der Waals surface area contributed by atoms with E-state index in [1.54, 1.807) is 30.0 Å². The molecular formula is C19H23N3O5. The number of hydrogen-bond donors (Lipinski definition) is 1. The van der Waals surface area contributed by atoms with Gasteiger partial charge in [-0.2, -0.15) is 0 Å². The Morgan fingerprint density at radius 2 is 1.93 bits per heavy atom. The number of carbonyl (C=O) groups is 3. The first-order chi connectivity index (χ1) is 12.9. The van der Waals surface area contributed by atoms with Gasteiger partial charge in [0.2, 0.25) is 12.7 Å². The quantitative estimate of drug-likeness (QED) is 0.810. The fourth-order valence-corrected chi connectivity index (χ4v) is 3.74. The number of nitrogens with one attached hydrogen (secondary N) is 1. The number of amides is 4.